The van der Waals surface area contributed by atoms with E-state index >= 15 is 0 Å². The third-order valence-electron chi connectivity index (χ3n) is 4.88. The lowest BCUT2D eigenvalue weighted by Gasteiger charge is -2.37. The summed E-state index contributed by atoms with van der Waals surface area (Å²) in [5.74, 6) is 0.103. The maximum atomic E-state index is 12.9. The Labute approximate surface area is 162 Å². The first kappa shape index (κ1) is 21.5. The Bertz CT molecular complexity index is 550. The Balaban J connectivity index is 1.87. The van der Waals surface area contributed by atoms with Crippen LogP contribution in [0.4, 0.5) is 4.79 Å². The van der Waals surface area contributed by atoms with E-state index in [1.54, 1.807) is 9.80 Å². The first-order valence-electron chi connectivity index (χ1n) is 9.79. The number of amides is 3. The highest BCUT2D eigenvalue weighted by Crippen LogP contribution is 2.23. The van der Waals surface area contributed by atoms with Crippen LogP contribution in [0.5, 0.6) is 0 Å². The summed E-state index contributed by atoms with van der Waals surface area (Å²) in [6.45, 7) is 8.89. The van der Waals surface area contributed by atoms with E-state index in [9.17, 15) is 14.4 Å². The molecule has 27 heavy (non-hydrogen) atoms. The summed E-state index contributed by atoms with van der Waals surface area (Å²) in [6, 6.07) is -0.448. The highest BCUT2D eigenvalue weighted by Gasteiger charge is 2.39. The van der Waals surface area contributed by atoms with Crippen LogP contribution in [-0.2, 0) is 14.3 Å². The molecule has 2 fully saturated rings. The minimum Gasteiger partial charge on any atom is -0.444 e. The second-order valence-corrected chi connectivity index (χ2v) is 8.59. The van der Waals surface area contributed by atoms with Gasteiger partial charge in [-0.1, -0.05) is 0 Å². The number of likely N-dealkylation sites (tertiary alicyclic amines) is 1. The zero-order valence-electron chi connectivity index (χ0n) is 17.4. The lowest BCUT2D eigenvalue weighted by Crippen LogP contribution is -2.55. The first-order valence-corrected chi connectivity index (χ1v) is 9.79. The van der Waals surface area contributed by atoms with Gasteiger partial charge in [0.05, 0.1) is 0 Å². The molecule has 0 radical (unpaired) electrons. The summed E-state index contributed by atoms with van der Waals surface area (Å²) >= 11 is 0. The monoisotopic (exact) mass is 382 g/mol. The zero-order valence-corrected chi connectivity index (χ0v) is 17.4. The molecule has 0 aromatic carbocycles. The number of carbonyl (C=O) groups is 3. The third-order valence-corrected chi connectivity index (χ3v) is 4.88. The summed E-state index contributed by atoms with van der Waals surface area (Å²) in [6.07, 6.45) is 1.55. The molecule has 0 aromatic heterocycles. The lowest BCUT2D eigenvalue weighted by molar-refractivity contribution is -0.142. The summed E-state index contributed by atoms with van der Waals surface area (Å²) in [5, 5.41) is 0. The Morgan fingerprint density at radius 2 is 1.59 bits per heavy atom. The van der Waals surface area contributed by atoms with Crippen molar-refractivity contribution in [3.05, 3.63) is 0 Å². The smallest absolute Gasteiger partial charge is 0.410 e. The number of hydrogen-bond donors (Lipinski definition) is 0. The summed E-state index contributed by atoms with van der Waals surface area (Å²) in [7, 11) is 3.89. The Hall–Kier alpha value is -1.83. The van der Waals surface area contributed by atoms with E-state index in [-0.39, 0.29) is 11.8 Å². The van der Waals surface area contributed by atoms with Crippen molar-refractivity contribution in [3.8, 4) is 0 Å². The zero-order chi connectivity index (χ0) is 20.2. The highest BCUT2D eigenvalue weighted by molar-refractivity contribution is 5.86. The largest absolute Gasteiger partial charge is 0.444 e. The van der Waals surface area contributed by atoms with Crippen molar-refractivity contribution in [1.82, 2.24) is 19.6 Å². The van der Waals surface area contributed by atoms with Gasteiger partial charge in [-0.2, -0.15) is 0 Å². The van der Waals surface area contributed by atoms with Gasteiger partial charge in [-0.3, -0.25) is 14.5 Å². The number of hydrogen-bond acceptors (Lipinski definition) is 5. The molecule has 0 aliphatic carbocycles. The topological polar surface area (TPSA) is 73.4 Å². The highest BCUT2D eigenvalue weighted by atomic mass is 16.6. The van der Waals surface area contributed by atoms with Gasteiger partial charge in [0.15, 0.2) is 0 Å². The van der Waals surface area contributed by atoms with Crippen molar-refractivity contribution in [1.29, 1.82) is 0 Å². The predicted octanol–water partition coefficient (Wildman–Crippen LogP) is 1.01. The van der Waals surface area contributed by atoms with Crippen LogP contribution in [0.3, 0.4) is 0 Å². The molecule has 2 aliphatic heterocycles. The standard InChI is InChI=1S/C19H34N4O4/c1-19(2,3)27-18(26)23-9-6-7-15(23)17(25)22-13-11-21(12-14-22)16(24)8-10-20(4)5/h15H,6-14H2,1-5H3. The van der Waals surface area contributed by atoms with Crippen LogP contribution < -0.4 is 0 Å². The second kappa shape index (κ2) is 8.91. The van der Waals surface area contributed by atoms with Crippen molar-refractivity contribution in [3.63, 3.8) is 0 Å². The van der Waals surface area contributed by atoms with Gasteiger partial charge in [-0.25, -0.2) is 4.79 Å². The van der Waals surface area contributed by atoms with Crippen LogP contribution in [0.15, 0.2) is 0 Å². The molecule has 2 aliphatic rings. The van der Waals surface area contributed by atoms with E-state index in [1.807, 2.05) is 44.7 Å². The number of carbonyl (C=O) groups excluding carboxylic acids is 3. The first-order chi connectivity index (χ1) is 12.6. The van der Waals surface area contributed by atoms with E-state index in [2.05, 4.69) is 0 Å². The molecule has 8 heteroatoms. The number of nitrogens with zero attached hydrogens (tertiary/aromatic N) is 4. The predicted molar refractivity (Wildman–Crippen MR) is 102 cm³/mol. The van der Waals surface area contributed by atoms with E-state index in [1.165, 1.54) is 0 Å². The number of rotatable bonds is 4. The van der Waals surface area contributed by atoms with Gasteiger partial charge in [0.25, 0.3) is 0 Å². The van der Waals surface area contributed by atoms with Crippen LogP contribution in [0.2, 0.25) is 0 Å². The maximum Gasteiger partial charge on any atom is 0.410 e. The van der Waals surface area contributed by atoms with Crippen LogP contribution in [-0.4, -0.2) is 103 Å². The van der Waals surface area contributed by atoms with E-state index in [0.29, 0.717) is 45.6 Å². The fourth-order valence-electron chi connectivity index (χ4n) is 3.43. The molecular weight excluding hydrogens is 348 g/mol. The van der Waals surface area contributed by atoms with Gasteiger partial charge in [0.2, 0.25) is 11.8 Å². The Morgan fingerprint density at radius 3 is 2.15 bits per heavy atom. The Morgan fingerprint density at radius 1 is 1.00 bits per heavy atom. The number of ether oxygens (including phenoxy) is 1. The van der Waals surface area contributed by atoms with Crippen LogP contribution in [0.1, 0.15) is 40.0 Å². The van der Waals surface area contributed by atoms with Crippen molar-refractivity contribution in [2.75, 3.05) is 53.4 Å². The molecule has 1 atom stereocenters. The molecule has 0 aromatic rings. The quantitative estimate of drug-likeness (QED) is 0.726. The molecule has 0 bridgehead atoms. The molecule has 0 saturated carbocycles. The summed E-state index contributed by atoms with van der Waals surface area (Å²) in [4.78, 5) is 44.7. The molecule has 8 nitrogen and oxygen atoms in total. The van der Waals surface area contributed by atoms with Gasteiger partial charge in [-0.15, -0.1) is 0 Å². The van der Waals surface area contributed by atoms with Crippen molar-refractivity contribution >= 4 is 17.9 Å². The third kappa shape index (κ3) is 6.09. The minimum absolute atomic E-state index is 0.0289. The average Bonchev–Trinajstić information content (AvgIpc) is 3.07. The van der Waals surface area contributed by atoms with E-state index < -0.39 is 17.7 Å². The molecule has 1 unspecified atom stereocenters. The van der Waals surface area contributed by atoms with Crippen molar-refractivity contribution < 1.29 is 19.1 Å². The molecule has 154 valence electrons. The van der Waals surface area contributed by atoms with Gasteiger partial charge in [-0.05, 0) is 47.7 Å². The summed E-state index contributed by atoms with van der Waals surface area (Å²) in [5.41, 5.74) is -0.578. The fourth-order valence-corrected chi connectivity index (χ4v) is 3.43. The van der Waals surface area contributed by atoms with Gasteiger partial charge >= 0.3 is 6.09 Å². The van der Waals surface area contributed by atoms with E-state index in [0.717, 1.165) is 13.0 Å². The summed E-state index contributed by atoms with van der Waals surface area (Å²) < 4.78 is 5.44. The van der Waals surface area contributed by atoms with Gasteiger partial charge in [0, 0.05) is 45.7 Å². The van der Waals surface area contributed by atoms with E-state index in [4.69, 9.17) is 4.74 Å². The molecule has 3 amide bonds. The van der Waals surface area contributed by atoms with Crippen molar-refractivity contribution in [2.45, 2.75) is 51.7 Å². The van der Waals surface area contributed by atoms with Gasteiger partial charge in [0.1, 0.15) is 11.6 Å². The van der Waals surface area contributed by atoms with Crippen molar-refractivity contribution in [2.24, 2.45) is 0 Å². The molecule has 2 saturated heterocycles. The maximum absolute atomic E-state index is 12.9. The average molecular weight is 383 g/mol. The number of piperazine rings is 1. The molecule has 2 rings (SSSR count). The lowest BCUT2D eigenvalue weighted by atomic mass is 10.1. The minimum atomic E-state index is -0.578. The van der Waals surface area contributed by atoms with Crippen LogP contribution in [0, 0.1) is 0 Å². The second-order valence-electron chi connectivity index (χ2n) is 8.59. The van der Waals surface area contributed by atoms with Crippen LogP contribution in [0.25, 0.3) is 0 Å². The normalized spacial score (nSPS) is 21.0. The van der Waals surface area contributed by atoms with Gasteiger partial charge < -0.3 is 19.4 Å². The molecule has 0 N–H and O–H groups in total. The molecule has 2 heterocycles. The SMILES string of the molecule is CN(C)CCC(=O)N1CCN(C(=O)C2CCCN2C(=O)OC(C)(C)C)CC1. The fraction of sp³-hybridized carbons (Fsp3) is 0.842. The van der Waals surface area contributed by atoms with Crippen LogP contribution >= 0.6 is 0 Å². The molecular formula is C19H34N4O4. The Kier molecular flexibility index (Phi) is 7.08. The molecule has 0 spiro atoms.